The smallest absolute Gasteiger partial charge is 0.332 e. The lowest BCUT2D eigenvalue weighted by Gasteiger charge is -2.20. The Morgan fingerprint density at radius 3 is 2.78 bits per heavy atom. The molecule has 5 nitrogen and oxygen atoms in total. The molecular formula is C13H18N4O. The second kappa shape index (κ2) is 5.53. The molecule has 3 N–H and O–H groups in total. The summed E-state index contributed by atoms with van der Waals surface area (Å²) in [4.78, 5) is 12.9. The van der Waals surface area contributed by atoms with Gasteiger partial charge in [-0.3, -0.25) is 0 Å². The van der Waals surface area contributed by atoms with Gasteiger partial charge in [-0.1, -0.05) is 6.07 Å². The molecule has 1 aliphatic heterocycles. The average molecular weight is 246 g/mol. The highest BCUT2D eigenvalue weighted by Crippen LogP contribution is 2.24. The van der Waals surface area contributed by atoms with Crippen LogP contribution in [0.5, 0.6) is 0 Å². The number of anilines is 1. The molecule has 0 spiro atoms. The van der Waals surface area contributed by atoms with Crippen molar-refractivity contribution in [2.75, 3.05) is 18.0 Å². The first kappa shape index (κ1) is 12.4. The molecule has 1 aromatic carbocycles. The van der Waals surface area contributed by atoms with Gasteiger partial charge < -0.3 is 10.6 Å². The fourth-order valence-electron chi connectivity index (χ4n) is 2.24. The van der Waals surface area contributed by atoms with E-state index in [2.05, 4.69) is 34.5 Å². The number of nitrogens with one attached hydrogen (secondary N) is 1. The van der Waals surface area contributed by atoms with Gasteiger partial charge in [-0.2, -0.15) is 5.10 Å². The van der Waals surface area contributed by atoms with Gasteiger partial charge in [0.15, 0.2) is 0 Å². The minimum Gasteiger partial charge on any atom is -0.371 e. The van der Waals surface area contributed by atoms with E-state index in [1.807, 2.05) is 6.07 Å². The fraction of sp³-hybridized carbons (Fsp3) is 0.385. The summed E-state index contributed by atoms with van der Waals surface area (Å²) in [6.45, 7) is 4.36. The second-order valence-corrected chi connectivity index (χ2v) is 4.47. The summed E-state index contributed by atoms with van der Waals surface area (Å²) in [7, 11) is 0. The Morgan fingerprint density at radius 2 is 2.17 bits per heavy atom. The van der Waals surface area contributed by atoms with Crippen molar-refractivity contribution in [2.24, 2.45) is 10.8 Å². The maximum Gasteiger partial charge on any atom is 0.332 e. The molecule has 0 aromatic heterocycles. The van der Waals surface area contributed by atoms with Gasteiger partial charge in [0.2, 0.25) is 0 Å². The van der Waals surface area contributed by atoms with Crippen LogP contribution in [0.4, 0.5) is 10.5 Å². The van der Waals surface area contributed by atoms with Gasteiger partial charge in [-0.15, -0.1) is 0 Å². The van der Waals surface area contributed by atoms with Crippen molar-refractivity contribution in [3.8, 4) is 0 Å². The maximum atomic E-state index is 10.5. The predicted octanol–water partition coefficient (Wildman–Crippen LogP) is 1.60. The number of aryl methyl sites for hydroxylation is 1. The zero-order valence-corrected chi connectivity index (χ0v) is 10.5. The molecule has 2 amide bonds. The van der Waals surface area contributed by atoms with Gasteiger partial charge in [0.05, 0.1) is 6.21 Å². The summed E-state index contributed by atoms with van der Waals surface area (Å²) in [5.41, 5.74) is 10.6. The van der Waals surface area contributed by atoms with Crippen molar-refractivity contribution >= 4 is 17.9 Å². The lowest BCUT2D eigenvalue weighted by Crippen LogP contribution is -2.24. The number of hydrogen-bond acceptors (Lipinski definition) is 3. The average Bonchev–Trinajstić information content (AvgIpc) is 2.82. The van der Waals surface area contributed by atoms with Crippen LogP contribution in [-0.4, -0.2) is 25.3 Å². The van der Waals surface area contributed by atoms with Gasteiger partial charge in [-0.05, 0) is 43.0 Å². The quantitative estimate of drug-likeness (QED) is 0.628. The fourth-order valence-corrected chi connectivity index (χ4v) is 2.24. The van der Waals surface area contributed by atoms with E-state index in [1.54, 1.807) is 6.21 Å². The number of nitrogens with zero attached hydrogens (tertiary/aromatic N) is 2. The zero-order chi connectivity index (χ0) is 13.0. The summed E-state index contributed by atoms with van der Waals surface area (Å²) in [5.74, 6) is 0. The standard InChI is InChI=1S/C13H18N4O/c1-10-8-11(9-15-16-13(14)18)4-5-12(10)17-6-2-3-7-17/h4-5,8-9H,2-3,6-7H2,1H3,(H3,14,16,18). The van der Waals surface area contributed by atoms with Crippen LogP contribution in [0, 0.1) is 6.92 Å². The second-order valence-electron chi connectivity index (χ2n) is 4.47. The van der Waals surface area contributed by atoms with Gasteiger partial charge in [0.1, 0.15) is 0 Å². The molecule has 96 valence electrons. The minimum atomic E-state index is -0.656. The van der Waals surface area contributed by atoms with Crippen molar-refractivity contribution in [1.82, 2.24) is 5.43 Å². The normalized spacial score (nSPS) is 15.3. The summed E-state index contributed by atoms with van der Waals surface area (Å²) < 4.78 is 0. The highest BCUT2D eigenvalue weighted by atomic mass is 16.2. The molecule has 0 radical (unpaired) electrons. The summed E-state index contributed by atoms with van der Waals surface area (Å²) >= 11 is 0. The van der Waals surface area contributed by atoms with Crippen molar-refractivity contribution in [3.05, 3.63) is 29.3 Å². The third-order valence-corrected chi connectivity index (χ3v) is 3.06. The van der Waals surface area contributed by atoms with E-state index in [-0.39, 0.29) is 0 Å². The molecule has 2 rings (SSSR count). The topological polar surface area (TPSA) is 70.7 Å². The van der Waals surface area contributed by atoms with Crippen molar-refractivity contribution in [2.45, 2.75) is 19.8 Å². The minimum absolute atomic E-state index is 0.656. The third-order valence-electron chi connectivity index (χ3n) is 3.06. The van der Waals surface area contributed by atoms with Crippen LogP contribution in [-0.2, 0) is 0 Å². The zero-order valence-electron chi connectivity index (χ0n) is 10.5. The Kier molecular flexibility index (Phi) is 3.82. The van der Waals surface area contributed by atoms with E-state index in [0.717, 1.165) is 18.7 Å². The summed E-state index contributed by atoms with van der Waals surface area (Å²) in [6, 6.07) is 5.50. The third kappa shape index (κ3) is 3.00. The lowest BCUT2D eigenvalue weighted by molar-refractivity contribution is 0.249. The molecule has 5 heteroatoms. The van der Waals surface area contributed by atoms with Crippen LogP contribution in [0.3, 0.4) is 0 Å². The molecule has 1 fully saturated rings. The lowest BCUT2D eigenvalue weighted by atomic mass is 10.1. The first-order valence-electron chi connectivity index (χ1n) is 6.11. The van der Waals surface area contributed by atoms with E-state index in [0.29, 0.717) is 0 Å². The first-order chi connectivity index (χ1) is 8.66. The van der Waals surface area contributed by atoms with E-state index in [4.69, 9.17) is 5.73 Å². The molecular weight excluding hydrogens is 228 g/mol. The van der Waals surface area contributed by atoms with Crippen LogP contribution in [0.2, 0.25) is 0 Å². The largest absolute Gasteiger partial charge is 0.371 e. The SMILES string of the molecule is Cc1cc(C=NNC(N)=O)ccc1N1CCCC1. The van der Waals surface area contributed by atoms with E-state index >= 15 is 0 Å². The molecule has 0 bridgehead atoms. The van der Waals surface area contributed by atoms with Gasteiger partial charge in [0, 0.05) is 18.8 Å². The van der Waals surface area contributed by atoms with E-state index in [9.17, 15) is 4.79 Å². The number of amides is 2. The van der Waals surface area contributed by atoms with E-state index in [1.165, 1.54) is 24.1 Å². The van der Waals surface area contributed by atoms with E-state index < -0.39 is 6.03 Å². The Labute approximate surface area is 107 Å². The number of nitrogens with two attached hydrogens (primary N) is 1. The number of hydrazone groups is 1. The number of benzene rings is 1. The van der Waals surface area contributed by atoms with Crippen LogP contribution in [0.25, 0.3) is 0 Å². The van der Waals surface area contributed by atoms with Crippen LogP contribution < -0.4 is 16.1 Å². The molecule has 1 aromatic rings. The number of primary amides is 1. The molecule has 0 atom stereocenters. The Morgan fingerprint density at radius 1 is 1.44 bits per heavy atom. The number of carbonyl (C=O) groups is 1. The Bertz CT molecular complexity index is 464. The number of urea groups is 1. The molecule has 18 heavy (non-hydrogen) atoms. The van der Waals surface area contributed by atoms with Crippen LogP contribution >= 0.6 is 0 Å². The molecule has 0 unspecified atom stereocenters. The Hall–Kier alpha value is -2.04. The monoisotopic (exact) mass is 246 g/mol. The maximum absolute atomic E-state index is 10.5. The van der Waals surface area contributed by atoms with Crippen molar-refractivity contribution in [3.63, 3.8) is 0 Å². The molecule has 1 heterocycles. The highest BCUT2D eigenvalue weighted by Gasteiger charge is 2.13. The molecule has 0 saturated carbocycles. The van der Waals surface area contributed by atoms with Crippen molar-refractivity contribution < 1.29 is 4.79 Å². The van der Waals surface area contributed by atoms with Crippen LogP contribution in [0.1, 0.15) is 24.0 Å². The first-order valence-corrected chi connectivity index (χ1v) is 6.11. The molecule has 0 aliphatic carbocycles. The number of rotatable bonds is 3. The summed E-state index contributed by atoms with van der Waals surface area (Å²) in [6.07, 6.45) is 4.13. The van der Waals surface area contributed by atoms with Crippen LogP contribution in [0.15, 0.2) is 23.3 Å². The number of carbonyl (C=O) groups excluding carboxylic acids is 1. The molecule has 1 aliphatic rings. The van der Waals surface area contributed by atoms with Gasteiger partial charge in [-0.25, -0.2) is 10.2 Å². The molecule has 1 saturated heterocycles. The highest BCUT2D eigenvalue weighted by molar-refractivity contribution is 5.82. The summed E-state index contributed by atoms with van der Waals surface area (Å²) in [5, 5.41) is 3.75. The Balaban J connectivity index is 2.09. The van der Waals surface area contributed by atoms with Gasteiger partial charge in [0.25, 0.3) is 0 Å². The number of hydrogen-bond donors (Lipinski definition) is 2. The van der Waals surface area contributed by atoms with Gasteiger partial charge >= 0.3 is 6.03 Å². The predicted molar refractivity (Wildman–Crippen MR) is 72.9 cm³/mol. The van der Waals surface area contributed by atoms with Crippen molar-refractivity contribution in [1.29, 1.82) is 0 Å².